The monoisotopic (exact) mass is 136 g/mol. The third kappa shape index (κ3) is 0.699. The summed E-state index contributed by atoms with van der Waals surface area (Å²) >= 11 is 0. The largest absolute Gasteiger partial charge is 0.442 e. The molecule has 0 aliphatic rings. The Labute approximate surface area is 56.5 Å². The Hall–Kier alpha value is -1.58. The van der Waals surface area contributed by atoms with E-state index in [9.17, 15) is 0 Å². The van der Waals surface area contributed by atoms with Gasteiger partial charge in [0.2, 0.25) is 5.76 Å². The first-order chi connectivity index (χ1) is 4.97. The zero-order valence-corrected chi connectivity index (χ0v) is 5.02. The fraction of sp³-hybridized carbons (Fsp3) is 0. The normalized spacial score (nSPS) is 10.0. The van der Waals surface area contributed by atoms with Crippen molar-refractivity contribution in [3.63, 3.8) is 0 Å². The topological polar surface area (TPSA) is 52.1 Å². The Morgan fingerprint density at radius 3 is 2.90 bits per heavy atom. The predicted octanol–water partition coefficient (Wildman–Crippen LogP) is 1.33. The van der Waals surface area contributed by atoms with E-state index in [2.05, 4.69) is 10.1 Å². The summed E-state index contributed by atoms with van der Waals surface area (Å²) in [6.45, 7) is 0. The molecular formula is C6H4N2O2. The number of aromatic nitrogens is 2. The number of nitrogens with zero attached hydrogens (tertiary/aromatic N) is 2. The lowest BCUT2D eigenvalue weighted by molar-refractivity contribution is 0.415. The standard InChI is InChI=1S/C6H4N2O2/c1-2-8-10-5(1)6-7-3-4-9-6/h1-4H. The Morgan fingerprint density at radius 2 is 2.30 bits per heavy atom. The van der Waals surface area contributed by atoms with Crippen LogP contribution in [-0.2, 0) is 0 Å². The summed E-state index contributed by atoms with van der Waals surface area (Å²) in [5.41, 5.74) is 0. The third-order valence-corrected chi connectivity index (χ3v) is 1.08. The SMILES string of the molecule is c1cc(-c2ncco2)on1. The molecule has 2 aromatic rings. The van der Waals surface area contributed by atoms with E-state index in [1.54, 1.807) is 18.5 Å². The van der Waals surface area contributed by atoms with Crippen LogP contribution in [0.15, 0.2) is 33.7 Å². The third-order valence-electron chi connectivity index (χ3n) is 1.08. The summed E-state index contributed by atoms with van der Waals surface area (Å²) in [6.07, 6.45) is 4.58. The fourth-order valence-electron chi connectivity index (χ4n) is 0.671. The molecule has 0 aliphatic heterocycles. The number of oxazole rings is 1. The van der Waals surface area contributed by atoms with Crippen molar-refractivity contribution in [2.75, 3.05) is 0 Å². The van der Waals surface area contributed by atoms with Gasteiger partial charge < -0.3 is 8.94 Å². The predicted molar refractivity (Wildman–Crippen MR) is 32.0 cm³/mol. The molecule has 0 radical (unpaired) electrons. The number of rotatable bonds is 1. The van der Waals surface area contributed by atoms with Crippen molar-refractivity contribution in [3.8, 4) is 11.7 Å². The minimum Gasteiger partial charge on any atom is -0.442 e. The average molecular weight is 136 g/mol. The van der Waals surface area contributed by atoms with Crippen molar-refractivity contribution in [2.24, 2.45) is 0 Å². The zero-order valence-electron chi connectivity index (χ0n) is 5.02. The van der Waals surface area contributed by atoms with Crippen LogP contribution >= 0.6 is 0 Å². The van der Waals surface area contributed by atoms with Gasteiger partial charge in [-0.2, -0.15) is 0 Å². The molecule has 0 amide bonds. The fourth-order valence-corrected chi connectivity index (χ4v) is 0.671. The smallest absolute Gasteiger partial charge is 0.265 e. The van der Waals surface area contributed by atoms with Gasteiger partial charge in [0.1, 0.15) is 6.26 Å². The van der Waals surface area contributed by atoms with Crippen LogP contribution in [0.2, 0.25) is 0 Å². The van der Waals surface area contributed by atoms with Crippen LogP contribution in [0.5, 0.6) is 0 Å². The van der Waals surface area contributed by atoms with E-state index in [0.29, 0.717) is 11.7 Å². The van der Waals surface area contributed by atoms with Gasteiger partial charge in [-0.3, -0.25) is 0 Å². The van der Waals surface area contributed by atoms with Gasteiger partial charge in [0, 0.05) is 6.07 Å². The van der Waals surface area contributed by atoms with Gasteiger partial charge in [0.25, 0.3) is 5.89 Å². The van der Waals surface area contributed by atoms with Crippen molar-refractivity contribution in [1.29, 1.82) is 0 Å². The number of hydrogen-bond acceptors (Lipinski definition) is 4. The Bertz CT molecular complexity index is 253. The highest BCUT2D eigenvalue weighted by Crippen LogP contribution is 2.14. The summed E-state index contributed by atoms with van der Waals surface area (Å²) in [7, 11) is 0. The zero-order chi connectivity index (χ0) is 6.81. The van der Waals surface area contributed by atoms with Crippen LogP contribution in [0, 0.1) is 0 Å². The molecule has 0 fully saturated rings. The average Bonchev–Trinajstić information content (AvgIpc) is 2.59. The van der Waals surface area contributed by atoms with E-state index < -0.39 is 0 Å². The van der Waals surface area contributed by atoms with Gasteiger partial charge in [-0.05, 0) is 0 Å². The van der Waals surface area contributed by atoms with Crippen molar-refractivity contribution >= 4 is 0 Å². The second-order valence-corrected chi connectivity index (χ2v) is 1.71. The minimum atomic E-state index is 0.456. The van der Waals surface area contributed by atoms with E-state index in [1.807, 2.05) is 0 Å². The molecule has 4 nitrogen and oxygen atoms in total. The van der Waals surface area contributed by atoms with Crippen LogP contribution in [0.4, 0.5) is 0 Å². The molecule has 0 spiro atoms. The first-order valence-electron chi connectivity index (χ1n) is 2.77. The van der Waals surface area contributed by atoms with E-state index in [1.165, 1.54) is 6.26 Å². The van der Waals surface area contributed by atoms with Gasteiger partial charge in [-0.1, -0.05) is 5.16 Å². The summed E-state index contributed by atoms with van der Waals surface area (Å²) in [5, 5.41) is 3.50. The summed E-state index contributed by atoms with van der Waals surface area (Å²) in [4.78, 5) is 3.86. The molecular weight excluding hydrogens is 132 g/mol. The molecule has 2 heterocycles. The highest BCUT2D eigenvalue weighted by atomic mass is 16.5. The van der Waals surface area contributed by atoms with Gasteiger partial charge in [0.05, 0.1) is 12.4 Å². The molecule has 0 saturated carbocycles. The van der Waals surface area contributed by atoms with Gasteiger partial charge >= 0.3 is 0 Å². The maximum atomic E-state index is 4.93. The van der Waals surface area contributed by atoms with E-state index in [0.717, 1.165) is 0 Å². The maximum Gasteiger partial charge on any atom is 0.265 e. The highest BCUT2D eigenvalue weighted by Gasteiger charge is 2.04. The first kappa shape index (κ1) is 5.22. The lowest BCUT2D eigenvalue weighted by Crippen LogP contribution is -1.68. The highest BCUT2D eigenvalue weighted by molar-refractivity contribution is 5.41. The van der Waals surface area contributed by atoms with Crippen LogP contribution in [0.25, 0.3) is 11.7 Å². The van der Waals surface area contributed by atoms with Crippen molar-refractivity contribution < 1.29 is 8.94 Å². The van der Waals surface area contributed by atoms with Crippen LogP contribution < -0.4 is 0 Å². The van der Waals surface area contributed by atoms with Crippen molar-refractivity contribution in [2.45, 2.75) is 0 Å². The molecule has 10 heavy (non-hydrogen) atoms. The van der Waals surface area contributed by atoms with E-state index in [4.69, 9.17) is 8.94 Å². The molecule has 0 atom stereocenters. The van der Waals surface area contributed by atoms with Crippen molar-refractivity contribution in [1.82, 2.24) is 10.1 Å². The van der Waals surface area contributed by atoms with Crippen LogP contribution in [0.1, 0.15) is 0 Å². The summed E-state index contributed by atoms with van der Waals surface area (Å²) < 4.78 is 9.70. The van der Waals surface area contributed by atoms with Gasteiger partial charge in [-0.25, -0.2) is 4.98 Å². The quantitative estimate of drug-likeness (QED) is 0.593. The Balaban J connectivity index is 2.48. The van der Waals surface area contributed by atoms with Gasteiger partial charge in [0.15, 0.2) is 0 Å². The lowest BCUT2D eigenvalue weighted by atomic mass is 10.5. The van der Waals surface area contributed by atoms with Gasteiger partial charge in [-0.15, -0.1) is 0 Å². The minimum absolute atomic E-state index is 0.456. The first-order valence-corrected chi connectivity index (χ1v) is 2.77. The van der Waals surface area contributed by atoms with Crippen LogP contribution in [-0.4, -0.2) is 10.1 Å². The second-order valence-electron chi connectivity index (χ2n) is 1.71. The molecule has 0 bridgehead atoms. The molecule has 0 saturated heterocycles. The van der Waals surface area contributed by atoms with Crippen molar-refractivity contribution in [3.05, 3.63) is 24.7 Å². The Kier molecular flexibility index (Phi) is 1.04. The molecule has 0 N–H and O–H groups in total. The second kappa shape index (κ2) is 1.98. The summed E-state index contributed by atoms with van der Waals surface area (Å²) in [6, 6.07) is 1.69. The van der Waals surface area contributed by atoms with E-state index >= 15 is 0 Å². The Morgan fingerprint density at radius 1 is 1.30 bits per heavy atom. The van der Waals surface area contributed by atoms with E-state index in [-0.39, 0.29) is 0 Å². The molecule has 0 aromatic carbocycles. The molecule has 0 unspecified atom stereocenters. The molecule has 4 heteroatoms. The molecule has 2 aromatic heterocycles. The number of hydrogen-bond donors (Lipinski definition) is 0. The summed E-state index contributed by atoms with van der Waals surface area (Å²) in [5.74, 6) is 1.00. The molecule has 0 aliphatic carbocycles. The molecule has 50 valence electrons. The lowest BCUT2D eigenvalue weighted by Gasteiger charge is -1.80. The van der Waals surface area contributed by atoms with Crippen LogP contribution in [0.3, 0.4) is 0 Å². The maximum absolute atomic E-state index is 4.93. The molecule has 2 rings (SSSR count).